The van der Waals surface area contributed by atoms with E-state index >= 15 is 0 Å². The summed E-state index contributed by atoms with van der Waals surface area (Å²) in [6.45, 7) is 1.91. The molecule has 4 aromatic rings. The van der Waals surface area contributed by atoms with Crippen molar-refractivity contribution in [2.45, 2.75) is 0 Å². The van der Waals surface area contributed by atoms with E-state index in [-0.39, 0.29) is 91.3 Å². The summed E-state index contributed by atoms with van der Waals surface area (Å²) in [6.07, 6.45) is 6.22. The topological polar surface area (TPSA) is 376 Å². The molecule has 0 unspecified atom stereocenters. The molecular weight excluding hydrogens is 927 g/mol. The number of rotatable bonds is 10. The molecule has 0 aromatic heterocycles. The second-order valence-electron chi connectivity index (χ2n) is 8.65. The fourth-order valence-corrected chi connectivity index (χ4v) is 3.23. The predicted molar refractivity (Wildman–Crippen MR) is 194 cm³/mol. The molecule has 0 saturated heterocycles. The molecule has 0 fully saturated rings. The van der Waals surface area contributed by atoms with Crippen molar-refractivity contribution in [2.24, 2.45) is 20.0 Å². The third kappa shape index (κ3) is 33.9. The van der Waals surface area contributed by atoms with Crippen molar-refractivity contribution in [2.75, 3.05) is 26.2 Å². The molecule has 56 heavy (non-hydrogen) atoms. The average Bonchev–Trinajstić information content (AvgIpc) is 3.12. The second kappa shape index (κ2) is 45.2. The Bertz CT molecular complexity index is 1610. The number of para-hydroxylation sites is 4. The zero-order valence-corrected chi connectivity index (χ0v) is 32.1. The maximum Gasteiger partial charge on any atom is 2.00 e. The smallest absolute Gasteiger partial charge is 0.872 e. The predicted octanol–water partition coefficient (Wildman–Crippen LogP) is 6.20. The van der Waals surface area contributed by atoms with Crippen LogP contribution < -0.4 is 20.4 Å². The van der Waals surface area contributed by atoms with Gasteiger partial charge in [0.25, 0.3) is 0 Å². The largest absolute Gasteiger partial charge is 2.00 e. The molecule has 0 aliphatic carbocycles. The van der Waals surface area contributed by atoms with Crippen LogP contribution in [0.2, 0.25) is 0 Å². The molecule has 0 heterocycles. The first-order valence-corrected chi connectivity index (χ1v) is 14.2. The van der Waals surface area contributed by atoms with Crippen molar-refractivity contribution in [3.05, 3.63) is 183 Å². The third-order valence-electron chi connectivity index (χ3n) is 5.31. The summed E-state index contributed by atoms with van der Waals surface area (Å²) < 4.78 is 0. The molecule has 0 N–H and O–H groups in total. The molecule has 0 aliphatic heterocycles. The molecule has 4 radical (unpaired) electrons. The van der Waals surface area contributed by atoms with E-state index in [0.717, 1.165) is 0 Å². The average molecular weight is 955 g/mol. The summed E-state index contributed by atoms with van der Waals surface area (Å²) >= 11 is 0. The van der Waals surface area contributed by atoms with Gasteiger partial charge < -0.3 is 64.7 Å². The SMILES string of the molecule is [Cu+2].[Cu+2].[Cu+2].[Cu+2].[N-]=[N+]=[N-].[N-]=[N+]=[N-].[N-]=[N+]=[N-].[N-]=[N+]=[N-].[O-]c1ccccc1C=NCCN=Cc1ccccc1[O-].[O-]c1ccccc1C=NCCN=Cc1ccccc1[O-]. The first-order valence-electron chi connectivity index (χ1n) is 14.2. The van der Waals surface area contributed by atoms with Crippen molar-refractivity contribution < 1.29 is 88.7 Å². The van der Waals surface area contributed by atoms with E-state index in [1.165, 1.54) is 43.9 Å². The standard InChI is InChI=1S/2C16H16N2O2.4Cu.4N3/c2*19-15-7-3-1-5-13(15)11-17-9-10-18-12-14-6-2-4-8-16(14)20;;;;;4*1-3-2/h2*1-8,11-12,19-20H,9-10H2;;;;;;;;/q;;4*+2;4*-1/p-4. The summed E-state index contributed by atoms with van der Waals surface area (Å²) in [4.78, 5) is 22.6. The Kier molecular flexibility index (Phi) is 50.2. The van der Waals surface area contributed by atoms with E-state index in [2.05, 4.69) is 20.0 Å². The van der Waals surface area contributed by atoms with E-state index in [4.69, 9.17) is 44.2 Å². The van der Waals surface area contributed by atoms with Gasteiger partial charge in [0.1, 0.15) is 0 Å². The molecule has 0 aliphatic rings. The van der Waals surface area contributed by atoms with Crippen LogP contribution in [0, 0.1) is 0 Å². The Morgan fingerprint density at radius 1 is 0.339 bits per heavy atom. The first kappa shape index (κ1) is 62.1. The van der Waals surface area contributed by atoms with Crippen LogP contribution in [0.1, 0.15) is 22.3 Å². The van der Waals surface area contributed by atoms with Crippen LogP contribution in [0.4, 0.5) is 0 Å². The van der Waals surface area contributed by atoms with Crippen molar-refractivity contribution in [1.29, 1.82) is 0 Å². The Hall–Kier alpha value is -5.92. The zero-order valence-electron chi connectivity index (χ0n) is 28.4. The summed E-state index contributed by atoms with van der Waals surface area (Å²) in [6, 6.07) is 26.9. The van der Waals surface area contributed by atoms with Crippen LogP contribution in [0.25, 0.3) is 63.9 Å². The molecule has 0 spiro atoms. The molecule has 4 rings (SSSR count). The molecule has 0 saturated carbocycles. The Morgan fingerprint density at radius 2 is 0.482 bits per heavy atom. The van der Waals surface area contributed by atoms with Gasteiger partial charge in [-0.05, 0) is 22.3 Å². The van der Waals surface area contributed by atoms with E-state index in [1.807, 2.05) is 0 Å². The molecule has 20 nitrogen and oxygen atoms in total. The molecule has 0 bridgehead atoms. The fraction of sp³-hybridized carbons (Fsp3) is 0.125. The van der Waals surface area contributed by atoms with E-state index in [1.54, 1.807) is 97.7 Å². The minimum atomic E-state index is -0.0416. The molecule has 304 valence electrons. The Labute approximate surface area is 363 Å². The minimum Gasteiger partial charge on any atom is -0.872 e. The van der Waals surface area contributed by atoms with Crippen LogP contribution in [-0.4, -0.2) is 51.0 Å². The van der Waals surface area contributed by atoms with Gasteiger partial charge in [-0.3, -0.25) is 39.6 Å². The van der Waals surface area contributed by atoms with Gasteiger partial charge >= 0.3 is 68.3 Å². The van der Waals surface area contributed by atoms with E-state index in [9.17, 15) is 20.4 Å². The van der Waals surface area contributed by atoms with Gasteiger partial charge in [0.15, 0.2) is 0 Å². The number of benzene rings is 4. The van der Waals surface area contributed by atoms with Gasteiger partial charge in [0.2, 0.25) is 0 Å². The van der Waals surface area contributed by atoms with Crippen molar-refractivity contribution in [3.8, 4) is 23.0 Å². The second-order valence-corrected chi connectivity index (χ2v) is 8.65. The van der Waals surface area contributed by atoms with Crippen LogP contribution in [-0.2, 0) is 68.3 Å². The molecule has 0 atom stereocenters. The van der Waals surface area contributed by atoms with E-state index in [0.29, 0.717) is 48.4 Å². The van der Waals surface area contributed by atoms with Crippen LogP contribution in [0.15, 0.2) is 117 Å². The van der Waals surface area contributed by atoms with E-state index < -0.39 is 0 Å². The van der Waals surface area contributed by atoms with Gasteiger partial charge in [0.05, 0.1) is 26.2 Å². The van der Waals surface area contributed by atoms with Crippen molar-refractivity contribution in [3.63, 3.8) is 0 Å². The summed E-state index contributed by atoms with van der Waals surface area (Å²) in [5.74, 6) is -0.167. The van der Waals surface area contributed by atoms with Crippen LogP contribution >= 0.6 is 0 Å². The molecule has 24 heteroatoms. The maximum atomic E-state index is 11.4. The van der Waals surface area contributed by atoms with Gasteiger partial charge in [-0.15, -0.1) is 23.0 Å². The monoisotopic (exact) mass is 952 g/mol. The van der Waals surface area contributed by atoms with Gasteiger partial charge in [-0.1, -0.05) is 97.1 Å². The maximum absolute atomic E-state index is 11.4. The molecule has 4 aromatic carbocycles. The normalized spacial score (nSPS) is 8.71. The first-order chi connectivity index (χ1) is 25.2. The summed E-state index contributed by atoms with van der Waals surface area (Å²) in [7, 11) is 0. The number of nitrogens with zero attached hydrogens (tertiary/aromatic N) is 16. The fourth-order valence-electron chi connectivity index (χ4n) is 3.23. The summed E-state index contributed by atoms with van der Waals surface area (Å²) in [5, 5.41) is 45.6. The molecule has 0 amide bonds. The third-order valence-corrected chi connectivity index (χ3v) is 5.31. The molecular formula is C32H28Cu4N16O4. The zero-order chi connectivity index (χ0) is 39.2. The Balaban J connectivity index is -0.000000165. The minimum absolute atomic E-state index is 0. The van der Waals surface area contributed by atoms with Gasteiger partial charge in [0, 0.05) is 24.9 Å². The van der Waals surface area contributed by atoms with Gasteiger partial charge in [-0.25, -0.2) is 0 Å². The van der Waals surface area contributed by atoms with Crippen molar-refractivity contribution in [1.82, 2.24) is 0 Å². The number of hydrogen-bond acceptors (Lipinski definition) is 8. The van der Waals surface area contributed by atoms with Crippen LogP contribution in [0.3, 0.4) is 0 Å². The quantitative estimate of drug-likeness (QED) is 0.0447. The number of aliphatic imine (C=N–C) groups is 4. The van der Waals surface area contributed by atoms with Crippen molar-refractivity contribution >= 4 is 24.9 Å². The number of hydrogen-bond donors (Lipinski definition) is 0. The summed E-state index contributed by atoms with van der Waals surface area (Å²) in [5.41, 5.74) is 56.3. The van der Waals surface area contributed by atoms with Gasteiger partial charge in [-0.2, -0.15) is 0 Å². The van der Waals surface area contributed by atoms with Crippen LogP contribution in [0.5, 0.6) is 23.0 Å². The Morgan fingerprint density at radius 3 is 0.625 bits per heavy atom.